The number of fused-ring (bicyclic) bond motifs is 3. The number of carbonyl (C=O) groups excluding carboxylic acids is 2. The lowest BCUT2D eigenvalue weighted by molar-refractivity contribution is -0.143. The van der Waals surface area contributed by atoms with Gasteiger partial charge in [-0.1, -0.05) is 78.7 Å². The van der Waals surface area contributed by atoms with Crippen molar-refractivity contribution >= 4 is 29.2 Å². The van der Waals surface area contributed by atoms with Crippen LogP contribution in [0.5, 0.6) is 0 Å². The van der Waals surface area contributed by atoms with Gasteiger partial charge in [0.05, 0.1) is 31.9 Å². The molecule has 0 fully saturated rings. The fourth-order valence-electron chi connectivity index (χ4n) is 6.00. The first-order chi connectivity index (χ1) is 18.3. The van der Waals surface area contributed by atoms with Crippen molar-refractivity contribution in [3.8, 4) is 0 Å². The zero-order valence-corrected chi connectivity index (χ0v) is 22.7. The van der Waals surface area contributed by atoms with Crippen molar-refractivity contribution in [1.29, 1.82) is 0 Å². The predicted octanol–water partition coefficient (Wildman–Crippen LogP) is 6.22. The van der Waals surface area contributed by atoms with Gasteiger partial charge in [0, 0.05) is 23.2 Å². The summed E-state index contributed by atoms with van der Waals surface area (Å²) in [6.45, 7) is 4.48. The number of nitrogens with zero attached hydrogens (tertiary/aromatic N) is 1. The maximum Gasteiger partial charge on any atom is 0.354 e. The molecule has 2 aliphatic heterocycles. The third-order valence-corrected chi connectivity index (χ3v) is 7.96. The van der Waals surface area contributed by atoms with Crippen LogP contribution in [0.1, 0.15) is 41.3 Å². The molecular formula is C31H31ClN2O4. The first-order valence-electron chi connectivity index (χ1n) is 12.7. The van der Waals surface area contributed by atoms with Gasteiger partial charge in [0.1, 0.15) is 5.70 Å². The number of halogens is 1. The van der Waals surface area contributed by atoms with Gasteiger partial charge in [-0.25, -0.2) is 9.59 Å². The van der Waals surface area contributed by atoms with E-state index in [4.69, 9.17) is 21.1 Å². The normalized spacial score (nSPS) is 22.2. The molecule has 2 heterocycles. The number of esters is 2. The largest absolute Gasteiger partial charge is 0.466 e. The quantitative estimate of drug-likeness (QED) is 0.395. The molecule has 0 amide bonds. The summed E-state index contributed by atoms with van der Waals surface area (Å²) in [5.41, 5.74) is 5.83. The van der Waals surface area contributed by atoms with E-state index in [1.54, 1.807) is 0 Å². The fourth-order valence-corrected chi connectivity index (χ4v) is 6.13. The van der Waals surface area contributed by atoms with Crippen LogP contribution in [0.4, 0.5) is 5.69 Å². The third-order valence-electron chi connectivity index (χ3n) is 7.71. The topological polar surface area (TPSA) is 67.9 Å². The van der Waals surface area contributed by atoms with Gasteiger partial charge in [-0.2, -0.15) is 0 Å². The van der Waals surface area contributed by atoms with E-state index in [-0.39, 0.29) is 29.6 Å². The van der Waals surface area contributed by atoms with Crippen molar-refractivity contribution in [3.05, 3.63) is 111 Å². The number of rotatable bonds is 5. The summed E-state index contributed by atoms with van der Waals surface area (Å²) in [5.74, 6) is -1.52. The molecule has 3 aromatic rings. The van der Waals surface area contributed by atoms with Crippen LogP contribution >= 0.6 is 11.6 Å². The monoisotopic (exact) mass is 530 g/mol. The first-order valence-corrected chi connectivity index (χ1v) is 13.1. The maximum absolute atomic E-state index is 13.4. The van der Waals surface area contributed by atoms with Crippen LogP contribution in [0.15, 0.2) is 84.1 Å². The third kappa shape index (κ3) is 4.54. The Labute approximate surface area is 228 Å². The SMILES string of the molecule is COC(=O)C1=C(C(=O)OC)N(Cc2ccccc2)[C@H]2c3cc(C)ccc3N[C@H](c3ccc(Cl)cc3)[C@H]2[C@@H]1C. The Morgan fingerprint density at radius 1 is 0.947 bits per heavy atom. The minimum absolute atomic E-state index is 0.114. The van der Waals surface area contributed by atoms with Crippen LogP contribution in [0.3, 0.4) is 0 Å². The Hall–Kier alpha value is -3.77. The summed E-state index contributed by atoms with van der Waals surface area (Å²) in [5, 5.41) is 4.40. The maximum atomic E-state index is 13.4. The highest BCUT2D eigenvalue weighted by Crippen LogP contribution is 2.55. The van der Waals surface area contributed by atoms with E-state index < -0.39 is 11.9 Å². The number of methoxy groups -OCH3 is 2. The summed E-state index contributed by atoms with van der Waals surface area (Å²) in [4.78, 5) is 28.8. The molecule has 0 spiro atoms. The summed E-state index contributed by atoms with van der Waals surface area (Å²) in [7, 11) is 2.69. The zero-order chi connectivity index (χ0) is 27.0. The van der Waals surface area contributed by atoms with E-state index in [2.05, 4.69) is 30.4 Å². The number of ether oxygens (including phenoxy) is 2. The van der Waals surface area contributed by atoms with Gasteiger partial charge < -0.3 is 19.7 Å². The second-order valence-corrected chi connectivity index (χ2v) is 10.4. The molecule has 0 radical (unpaired) electrons. The predicted molar refractivity (Wildman–Crippen MR) is 147 cm³/mol. The number of nitrogens with one attached hydrogen (secondary N) is 1. The van der Waals surface area contributed by atoms with E-state index in [1.165, 1.54) is 14.2 Å². The Balaban J connectivity index is 1.79. The minimum Gasteiger partial charge on any atom is -0.466 e. The lowest BCUT2D eigenvalue weighted by atomic mass is 9.67. The summed E-state index contributed by atoms with van der Waals surface area (Å²) < 4.78 is 10.5. The van der Waals surface area contributed by atoms with Crippen molar-refractivity contribution in [2.75, 3.05) is 19.5 Å². The molecule has 38 heavy (non-hydrogen) atoms. The highest BCUT2D eigenvalue weighted by Gasteiger charge is 2.52. The van der Waals surface area contributed by atoms with E-state index in [9.17, 15) is 9.59 Å². The second-order valence-electron chi connectivity index (χ2n) is 9.93. The lowest BCUT2D eigenvalue weighted by Crippen LogP contribution is -2.50. The molecule has 0 saturated carbocycles. The van der Waals surface area contributed by atoms with E-state index in [1.807, 2.05) is 66.4 Å². The molecular weight excluding hydrogens is 500 g/mol. The summed E-state index contributed by atoms with van der Waals surface area (Å²) >= 11 is 6.23. The van der Waals surface area contributed by atoms with Gasteiger partial charge in [0.25, 0.3) is 0 Å². The van der Waals surface area contributed by atoms with Gasteiger partial charge in [0.2, 0.25) is 0 Å². The molecule has 0 aliphatic carbocycles. The van der Waals surface area contributed by atoms with Crippen LogP contribution in [0.2, 0.25) is 5.02 Å². The second kappa shape index (κ2) is 10.5. The van der Waals surface area contributed by atoms with E-state index >= 15 is 0 Å². The Morgan fingerprint density at radius 2 is 1.63 bits per heavy atom. The molecule has 2 aliphatic rings. The highest BCUT2D eigenvalue weighted by atomic mass is 35.5. The van der Waals surface area contributed by atoms with E-state index in [0.717, 1.165) is 27.9 Å². The lowest BCUT2D eigenvalue weighted by Gasteiger charge is -2.52. The van der Waals surface area contributed by atoms with Crippen LogP contribution < -0.4 is 5.32 Å². The summed E-state index contributed by atoms with van der Waals surface area (Å²) in [6.07, 6.45) is 0. The van der Waals surface area contributed by atoms with Gasteiger partial charge in [-0.15, -0.1) is 0 Å². The Bertz CT molecular complexity index is 1390. The molecule has 4 atom stereocenters. The minimum atomic E-state index is -0.553. The molecule has 6 nitrogen and oxygen atoms in total. The molecule has 0 bridgehead atoms. The van der Waals surface area contributed by atoms with Crippen molar-refractivity contribution in [2.45, 2.75) is 32.5 Å². The molecule has 1 N–H and O–H groups in total. The average molecular weight is 531 g/mol. The molecule has 7 heteroatoms. The molecule has 196 valence electrons. The van der Waals surface area contributed by atoms with Crippen LogP contribution in [0, 0.1) is 18.8 Å². The van der Waals surface area contributed by atoms with Crippen molar-refractivity contribution in [2.24, 2.45) is 11.8 Å². The number of aryl methyl sites for hydroxylation is 1. The smallest absolute Gasteiger partial charge is 0.354 e. The van der Waals surface area contributed by atoms with Gasteiger partial charge in [-0.3, -0.25) is 0 Å². The number of anilines is 1. The van der Waals surface area contributed by atoms with Gasteiger partial charge in [0.15, 0.2) is 0 Å². The molecule has 0 saturated heterocycles. The average Bonchev–Trinajstić information content (AvgIpc) is 2.93. The molecule has 3 aromatic carbocycles. The van der Waals surface area contributed by atoms with Gasteiger partial charge in [-0.05, 0) is 47.7 Å². The fraction of sp³-hybridized carbons (Fsp3) is 0.290. The number of hydrogen-bond acceptors (Lipinski definition) is 6. The number of carbonyl (C=O) groups is 2. The Kier molecular flexibility index (Phi) is 7.17. The van der Waals surface area contributed by atoms with Crippen LogP contribution in [-0.2, 0) is 25.6 Å². The highest BCUT2D eigenvalue weighted by molar-refractivity contribution is 6.30. The van der Waals surface area contributed by atoms with Crippen molar-refractivity contribution in [3.63, 3.8) is 0 Å². The first kappa shape index (κ1) is 25.9. The van der Waals surface area contributed by atoms with Crippen LogP contribution in [-0.4, -0.2) is 31.1 Å². The Morgan fingerprint density at radius 3 is 2.29 bits per heavy atom. The number of benzene rings is 3. The van der Waals surface area contributed by atoms with Gasteiger partial charge >= 0.3 is 11.9 Å². The van der Waals surface area contributed by atoms with Crippen LogP contribution in [0.25, 0.3) is 0 Å². The number of hydrogen-bond donors (Lipinski definition) is 1. The molecule has 0 unspecified atom stereocenters. The standard InChI is InChI=1S/C31H31ClN2O4/c1-18-10-15-24-23(16-18)28-25(27(33-24)21-11-13-22(32)14-12-21)19(2)26(30(35)37-3)29(31(36)38-4)34(28)17-20-8-6-5-7-9-20/h5-16,19,25,27-28,33H,17H2,1-4H3/t19-,25+,27+,28-/m0/s1. The van der Waals surface area contributed by atoms with E-state index in [0.29, 0.717) is 17.1 Å². The molecule has 0 aromatic heterocycles. The van der Waals surface area contributed by atoms with Crippen molar-refractivity contribution in [1.82, 2.24) is 4.90 Å². The zero-order valence-electron chi connectivity index (χ0n) is 21.9. The summed E-state index contributed by atoms with van der Waals surface area (Å²) in [6, 6.07) is 23.7. The molecule has 5 rings (SSSR count). The van der Waals surface area contributed by atoms with Crippen molar-refractivity contribution < 1.29 is 19.1 Å².